The number of carbonyl (C=O) groups excluding carboxylic acids is 3. The molecule has 0 saturated heterocycles. The molecule has 0 aromatic carbocycles. The van der Waals surface area contributed by atoms with E-state index in [1.807, 2.05) is 0 Å². The van der Waals surface area contributed by atoms with Crippen molar-refractivity contribution in [2.24, 2.45) is 0 Å². The third kappa shape index (κ3) is 54.8. The topological polar surface area (TPSA) is 78.9 Å². The summed E-state index contributed by atoms with van der Waals surface area (Å²) >= 11 is 0. The minimum atomic E-state index is -0.772. The lowest BCUT2D eigenvalue weighted by Crippen LogP contribution is -2.30. The van der Waals surface area contributed by atoms with Crippen molar-refractivity contribution in [3.05, 3.63) is 24.3 Å². The molecule has 0 aromatic rings. The molecule has 0 aliphatic heterocycles. The number of esters is 3. The van der Waals surface area contributed by atoms with Crippen molar-refractivity contribution in [2.75, 3.05) is 13.2 Å². The zero-order chi connectivity index (χ0) is 49.3. The molecule has 1 unspecified atom stereocenters. The molecule has 0 aliphatic rings. The van der Waals surface area contributed by atoms with Crippen LogP contribution in [0.2, 0.25) is 0 Å². The molecule has 0 aliphatic carbocycles. The van der Waals surface area contributed by atoms with Crippen LogP contribution < -0.4 is 0 Å². The van der Waals surface area contributed by atoms with Gasteiger partial charge in [-0.2, -0.15) is 0 Å². The van der Waals surface area contributed by atoms with Crippen LogP contribution in [0.15, 0.2) is 24.3 Å². The quantitative estimate of drug-likeness (QED) is 0.0262. The Bertz CT molecular complexity index is 1100. The predicted octanol–water partition coefficient (Wildman–Crippen LogP) is 20.3. The van der Waals surface area contributed by atoms with Gasteiger partial charge in [-0.3, -0.25) is 14.4 Å². The molecule has 0 amide bonds. The van der Waals surface area contributed by atoms with E-state index in [1.165, 1.54) is 218 Å². The maximum atomic E-state index is 12.9. The van der Waals surface area contributed by atoms with Gasteiger partial charge in [-0.15, -0.1) is 0 Å². The molecule has 0 heterocycles. The van der Waals surface area contributed by atoms with Gasteiger partial charge in [-0.05, 0) is 44.9 Å². The molecule has 0 aromatic heterocycles. The second-order valence-electron chi connectivity index (χ2n) is 20.6. The third-order valence-electron chi connectivity index (χ3n) is 13.7. The lowest BCUT2D eigenvalue weighted by atomic mass is 10.0. The molecule has 0 spiro atoms. The van der Waals surface area contributed by atoms with Gasteiger partial charge < -0.3 is 14.2 Å². The molecular formula is C62H116O6. The summed E-state index contributed by atoms with van der Waals surface area (Å²) in [5.41, 5.74) is 0. The average molecular weight is 958 g/mol. The van der Waals surface area contributed by atoms with Gasteiger partial charge in [-0.1, -0.05) is 295 Å². The van der Waals surface area contributed by atoms with Gasteiger partial charge in [0, 0.05) is 19.3 Å². The Balaban J connectivity index is 4.30. The summed E-state index contributed by atoms with van der Waals surface area (Å²) in [6.07, 6.45) is 67.4. The molecule has 6 nitrogen and oxygen atoms in total. The highest BCUT2D eigenvalue weighted by Crippen LogP contribution is 2.18. The van der Waals surface area contributed by atoms with E-state index in [0.29, 0.717) is 19.3 Å². The van der Waals surface area contributed by atoms with Crippen LogP contribution in [0.25, 0.3) is 0 Å². The number of hydrogen-bond acceptors (Lipinski definition) is 6. The predicted molar refractivity (Wildman–Crippen MR) is 293 cm³/mol. The maximum absolute atomic E-state index is 12.9. The normalized spacial score (nSPS) is 12.1. The smallest absolute Gasteiger partial charge is 0.306 e. The lowest BCUT2D eigenvalue weighted by Gasteiger charge is -2.18. The molecule has 0 saturated carbocycles. The van der Waals surface area contributed by atoms with Crippen LogP contribution in [0.5, 0.6) is 0 Å². The number of hydrogen-bond donors (Lipinski definition) is 0. The zero-order valence-corrected chi connectivity index (χ0v) is 45.9. The largest absolute Gasteiger partial charge is 0.462 e. The second kappa shape index (κ2) is 57.5. The monoisotopic (exact) mass is 957 g/mol. The number of unbranched alkanes of at least 4 members (excludes halogenated alkanes) is 41. The van der Waals surface area contributed by atoms with Crippen molar-refractivity contribution in [1.29, 1.82) is 0 Å². The molecule has 1 atom stereocenters. The molecule has 6 heteroatoms. The Kier molecular flexibility index (Phi) is 55.7. The fourth-order valence-electron chi connectivity index (χ4n) is 9.11. The summed E-state index contributed by atoms with van der Waals surface area (Å²) in [4.78, 5) is 38.2. The minimum absolute atomic E-state index is 0.0698. The van der Waals surface area contributed by atoms with Gasteiger partial charge in [0.25, 0.3) is 0 Å². The van der Waals surface area contributed by atoms with Gasteiger partial charge in [-0.25, -0.2) is 0 Å². The van der Waals surface area contributed by atoms with Gasteiger partial charge >= 0.3 is 17.9 Å². The highest BCUT2D eigenvalue weighted by Gasteiger charge is 2.19. The van der Waals surface area contributed by atoms with Crippen molar-refractivity contribution in [3.63, 3.8) is 0 Å². The first kappa shape index (κ1) is 65.9. The number of carbonyl (C=O) groups is 3. The maximum Gasteiger partial charge on any atom is 0.306 e. The summed E-state index contributed by atoms with van der Waals surface area (Å²) in [7, 11) is 0. The molecule has 400 valence electrons. The Morgan fingerprint density at radius 3 is 0.853 bits per heavy atom. The van der Waals surface area contributed by atoms with Crippen LogP contribution in [-0.2, 0) is 28.6 Å². The molecule has 68 heavy (non-hydrogen) atoms. The van der Waals surface area contributed by atoms with Crippen LogP contribution >= 0.6 is 0 Å². The van der Waals surface area contributed by atoms with Gasteiger partial charge in [0.2, 0.25) is 0 Å². The van der Waals surface area contributed by atoms with Crippen molar-refractivity contribution in [1.82, 2.24) is 0 Å². The van der Waals surface area contributed by atoms with Crippen LogP contribution in [0.3, 0.4) is 0 Å². The van der Waals surface area contributed by atoms with E-state index in [0.717, 1.165) is 77.0 Å². The summed E-state index contributed by atoms with van der Waals surface area (Å²) < 4.78 is 16.9. The zero-order valence-electron chi connectivity index (χ0n) is 45.9. The van der Waals surface area contributed by atoms with Gasteiger partial charge in [0.15, 0.2) is 6.10 Å². The highest BCUT2D eigenvalue weighted by molar-refractivity contribution is 5.71. The molecule has 0 fully saturated rings. The summed E-state index contributed by atoms with van der Waals surface area (Å²) in [5, 5.41) is 0. The fourth-order valence-corrected chi connectivity index (χ4v) is 9.11. The van der Waals surface area contributed by atoms with Crippen molar-refractivity contribution >= 4 is 17.9 Å². The Morgan fingerprint density at radius 2 is 0.544 bits per heavy atom. The van der Waals surface area contributed by atoms with Crippen LogP contribution in [0.1, 0.15) is 335 Å². The van der Waals surface area contributed by atoms with E-state index in [-0.39, 0.29) is 31.1 Å². The van der Waals surface area contributed by atoms with Crippen molar-refractivity contribution in [3.8, 4) is 0 Å². The van der Waals surface area contributed by atoms with Crippen LogP contribution in [-0.4, -0.2) is 37.2 Å². The van der Waals surface area contributed by atoms with E-state index >= 15 is 0 Å². The average Bonchev–Trinajstić information content (AvgIpc) is 3.34. The Morgan fingerprint density at radius 1 is 0.294 bits per heavy atom. The highest BCUT2D eigenvalue weighted by atomic mass is 16.6. The second-order valence-corrected chi connectivity index (χ2v) is 20.6. The Labute approximate surface area is 423 Å². The molecule has 0 radical (unpaired) electrons. The summed E-state index contributed by atoms with van der Waals surface area (Å²) in [6, 6.07) is 0. The van der Waals surface area contributed by atoms with E-state index in [9.17, 15) is 14.4 Å². The van der Waals surface area contributed by atoms with Crippen molar-refractivity contribution in [2.45, 2.75) is 341 Å². The summed E-state index contributed by atoms with van der Waals surface area (Å²) in [6.45, 7) is 6.65. The van der Waals surface area contributed by atoms with Crippen LogP contribution in [0, 0.1) is 0 Å². The van der Waals surface area contributed by atoms with E-state index in [1.54, 1.807) is 0 Å². The number of rotatable bonds is 56. The third-order valence-corrected chi connectivity index (χ3v) is 13.7. The minimum Gasteiger partial charge on any atom is -0.462 e. The first-order chi connectivity index (χ1) is 33.5. The molecular weight excluding hydrogens is 841 g/mol. The molecule has 0 rings (SSSR count). The lowest BCUT2D eigenvalue weighted by molar-refractivity contribution is -0.167. The van der Waals surface area contributed by atoms with Gasteiger partial charge in [0.1, 0.15) is 13.2 Å². The van der Waals surface area contributed by atoms with E-state index in [2.05, 4.69) is 45.1 Å². The molecule has 0 bridgehead atoms. The van der Waals surface area contributed by atoms with E-state index in [4.69, 9.17) is 14.2 Å². The summed E-state index contributed by atoms with van der Waals surface area (Å²) in [5.74, 6) is -0.860. The SMILES string of the molecule is CCCC/C=C\C/C=C\CCCCCCCC(=O)OCC(COC(=O)CCCCCCCCCCCCCCCCCCCCCC)OC(=O)CCCCCCCCCCCCCCCCCC. The standard InChI is InChI=1S/C62H116O6/c1-4-7-10-13-16-19-22-25-28-30-31-32-33-35-37-40-43-46-49-52-55-61(64)67-58-59(57-66-60(63)54-51-48-45-42-39-36-27-24-21-18-15-12-9-6-3)68-62(65)56-53-50-47-44-41-38-34-29-26-23-20-17-14-11-8-5-2/h15,18,24,27,59H,4-14,16-17,19-23,25-26,28-58H2,1-3H3/b18-15-,27-24-. The first-order valence-electron chi connectivity index (χ1n) is 30.3. The number of ether oxygens (including phenoxy) is 3. The van der Waals surface area contributed by atoms with E-state index < -0.39 is 6.10 Å². The van der Waals surface area contributed by atoms with Crippen LogP contribution in [0.4, 0.5) is 0 Å². The first-order valence-corrected chi connectivity index (χ1v) is 30.3. The van der Waals surface area contributed by atoms with Crippen molar-refractivity contribution < 1.29 is 28.6 Å². The number of allylic oxidation sites excluding steroid dienone is 4. The van der Waals surface area contributed by atoms with Gasteiger partial charge in [0.05, 0.1) is 0 Å². The molecule has 0 N–H and O–H groups in total. The fraction of sp³-hybridized carbons (Fsp3) is 0.887. The Hall–Kier alpha value is -2.11.